The Morgan fingerprint density at radius 2 is 1.97 bits per heavy atom. The zero-order chi connectivity index (χ0) is 23.9. The van der Waals surface area contributed by atoms with Crippen molar-refractivity contribution in [2.75, 3.05) is 13.7 Å². The Balaban J connectivity index is 1.64. The van der Waals surface area contributed by atoms with Crippen LogP contribution in [-0.2, 0) is 20.7 Å². The normalized spacial score (nSPS) is 23.0. The smallest absolute Gasteiger partial charge is 0.246 e. The van der Waals surface area contributed by atoms with Crippen LogP contribution in [0.5, 0.6) is 5.75 Å². The Bertz CT molecular complexity index is 1040. The van der Waals surface area contributed by atoms with Gasteiger partial charge < -0.3 is 24.7 Å². The monoisotopic (exact) mass is 455 g/mol. The van der Waals surface area contributed by atoms with Gasteiger partial charge in [-0.15, -0.1) is 0 Å². The minimum absolute atomic E-state index is 0.0166. The Labute approximate surface area is 196 Å². The molecule has 7 heteroatoms. The molecule has 3 atom stereocenters. The summed E-state index contributed by atoms with van der Waals surface area (Å²) in [6.45, 7) is 10.9. The number of nitrogens with one attached hydrogen (secondary N) is 2. The van der Waals surface area contributed by atoms with Gasteiger partial charge in [-0.25, -0.2) is 0 Å². The maximum absolute atomic E-state index is 13.7. The number of methoxy groups -OCH3 is 1. The molecule has 180 valence electrons. The molecule has 2 aromatic rings. The third-order valence-corrected chi connectivity index (χ3v) is 6.59. The first-order chi connectivity index (χ1) is 15.6. The first-order valence-corrected chi connectivity index (χ1v) is 12.0. The van der Waals surface area contributed by atoms with Crippen LogP contribution in [0.3, 0.4) is 0 Å². The number of rotatable bonds is 7. The van der Waals surface area contributed by atoms with Crippen LogP contribution >= 0.6 is 0 Å². The fourth-order valence-electron chi connectivity index (χ4n) is 5.11. The number of carbonyl (C=O) groups is 2. The van der Waals surface area contributed by atoms with Crippen LogP contribution < -0.4 is 10.1 Å². The van der Waals surface area contributed by atoms with Crippen molar-refractivity contribution in [1.29, 1.82) is 0 Å². The van der Waals surface area contributed by atoms with Crippen molar-refractivity contribution in [3.8, 4) is 5.75 Å². The summed E-state index contributed by atoms with van der Waals surface area (Å²) >= 11 is 0. The van der Waals surface area contributed by atoms with Gasteiger partial charge in [-0.2, -0.15) is 0 Å². The SMILES string of the molecule is COc1ccc2c3c([nH]c2c1)C(CC(C)C)N1C(=O)C(CCCOC(C)(C)C)NC(=O)C1C3. The van der Waals surface area contributed by atoms with Gasteiger partial charge in [0, 0.05) is 35.7 Å². The number of hydrogen-bond acceptors (Lipinski definition) is 4. The van der Waals surface area contributed by atoms with E-state index in [0.29, 0.717) is 25.4 Å². The summed E-state index contributed by atoms with van der Waals surface area (Å²) in [5, 5.41) is 4.11. The summed E-state index contributed by atoms with van der Waals surface area (Å²) in [5.74, 6) is 1.12. The Morgan fingerprint density at radius 1 is 1.21 bits per heavy atom. The average Bonchev–Trinajstić information content (AvgIpc) is 3.11. The molecule has 2 N–H and O–H groups in total. The molecule has 2 aliphatic heterocycles. The Morgan fingerprint density at radius 3 is 2.64 bits per heavy atom. The van der Waals surface area contributed by atoms with Gasteiger partial charge in [0.15, 0.2) is 0 Å². The molecule has 2 aliphatic rings. The van der Waals surface area contributed by atoms with Crippen molar-refractivity contribution in [2.24, 2.45) is 5.92 Å². The lowest BCUT2D eigenvalue weighted by Gasteiger charge is -2.47. The molecule has 2 amide bonds. The van der Waals surface area contributed by atoms with E-state index in [2.05, 4.69) is 24.1 Å². The molecule has 0 spiro atoms. The fourth-order valence-corrected chi connectivity index (χ4v) is 5.11. The summed E-state index contributed by atoms with van der Waals surface area (Å²) in [6, 6.07) is 4.85. The van der Waals surface area contributed by atoms with Gasteiger partial charge in [0.25, 0.3) is 0 Å². The van der Waals surface area contributed by atoms with Crippen molar-refractivity contribution in [3.63, 3.8) is 0 Å². The lowest BCUT2D eigenvalue weighted by molar-refractivity contribution is -0.154. The number of carbonyl (C=O) groups excluding carboxylic acids is 2. The number of benzene rings is 1. The number of fused-ring (bicyclic) bond motifs is 4. The first kappa shape index (κ1) is 23.6. The molecule has 4 rings (SSSR count). The highest BCUT2D eigenvalue weighted by Crippen LogP contribution is 2.42. The topological polar surface area (TPSA) is 83.7 Å². The highest BCUT2D eigenvalue weighted by Gasteiger charge is 2.48. The van der Waals surface area contributed by atoms with Gasteiger partial charge >= 0.3 is 0 Å². The Hall–Kier alpha value is -2.54. The number of aromatic amines is 1. The number of ether oxygens (including phenoxy) is 2. The molecule has 0 bridgehead atoms. The zero-order valence-corrected chi connectivity index (χ0v) is 20.7. The molecule has 1 aromatic carbocycles. The minimum atomic E-state index is -0.502. The predicted octanol–water partition coefficient (Wildman–Crippen LogP) is 4.11. The summed E-state index contributed by atoms with van der Waals surface area (Å²) in [7, 11) is 1.65. The van der Waals surface area contributed by atoms with Crippen molar-refractivity contribution < 1.29 is 19.1 Å². The number of amides is 2. The quantitative estimate of drug-likeness (QED) is 0.616. The van der Waals surface area contributed by atoms with E-state index in [1.807, 2.05) is 43.9 Å². The van der Waals surface area contributed by atoms with E-state index >= 15 is 0 Å². The molecule has 3 unspecified atom stereocenters. The molecule has 1 saturated heterocycles. The highest BCUT2D eigenvalue weighted by molar-refractivity contribution is 5.99. The standard InChI is InChI=1S/C26H37N3O4/c1-15(2)12-21-23-18(17-10-9-16(32-6)13-20(17)27-23)14-22-24(30)28-19(25(31)29(21)22)8-7-11-33-26(3,4)5/h9-10,13,15,19,21-22,27H,7-8,11-12,14H2,1-6H3,(H,28,30). The molecule has 0 radical (unpaired) electrons. The van der Waals surface area contributed by atoms with Crippen molar-refractivity contribution in [1.82, 2.24) is 15.2 Å². The zero-order valence-electron chi connectivity index (χ0n) is 20.7. The van der Waals surface area contributed by atoms with E-state index in [1.54, 1.807) is 7.11 Å². The van der Waals surface area contributed by atoms with Crippen molar-refractivity contribution in [2.45, 2.75) is 84.0 Å². The van der Waals surface area contributed by atoms with Crippen LogP contribution in [0.2, 0.25) is 0 Å². The van der Waals surface area contributed by atoms with Crippen LogP contribution in [0, 0.1) is 5.92 Å². The largest absolute Gasteiger partial charge is 0.497 e. The predicted molar refractivity (Wildman–Crippen MR) is 128 cm³/mol. The second-order valence-corrected chi connectivity index (χ2v) is 10.7. The van der Waals surface area contributed by atoms with Gasteiger partial charge in [0.1, 0.15) is 17.8 Å². The van der Waals surface area contributed by atoms with Crippen LogP contribution in [0.15, 0.2) is 18.2 Å². The van der Waals surface area contributed by atoms with Crippen LogP contribution in [-0.4, -0.2) is 53.1 Å². The molecule has 1 aromatic heterocycles. The summed E-state index contributed by atoms with van der Waals surface area (Å²) in [5.41, 5.74) is 2.96. The third kappa shape index (κ3) is 4.74. The van der Waals surface area contributed by atoms with Gasteiger partial charge in [-0.05, 0) is 63.6 Å². The van der Waals surface area contributed by atoms with E-state index in [0.717, 1.165) is 40.8 Å². The molecule has 0 aliphatic carbocycles. The van der Waals surface area contributed by atoms with E-state index in [9.17, 15) is 9.59 Å². The molecular formula is C26H37N3O4. The minimum Gasteiger partial charge on any atom is -0.497 e. The van der Waals surface area contributed by atoms with Crippen molar-refractivity contribution in [3.05, 3.63) is 29.5 Å². The van der Waals surface area contributed by atoms with Crippen LogP contribution in [0.25, 0.3) is 10.9 Å². The van der Waals surface area contributed by atoms with Crippen molar-refractivity contribution >= 4 is 22.7 Å². The second-order valence-electron chi connectivity index (χ2n) is 10.7. The number of aromatic nitrogens is 1. The maximum atomic E-state index is 13.7. The van der Waals surface area contributed by atoms with Crippen LogP contribution in [0.4, 0.5) is 0 Å². The molecule has 7 nitrogen and oxygen atoms in total. The summed E-state index contributed by atoms with van der Waals surface area (Å²) in [6.07, 6.45) is 2.62. The number of piperazine rings is 1. The van der Waals surface area contributed by atoms with E-state index in [-0.39, 0.29) is 23.5 Å². The number of hydrogen-bond donors (Lipinski definition) is 2. The van der Waals surface area contributed by atoms with E-state index in [4.69, 9.17) is 9.47 Å². The highest BCUT2D eigenvalue weighted by atomic mass is 16.5. The van der Waals surface area contributed by atoms with E-state index in [1.165, 1.54) is 0 Å². The second kappa shape index (κ2) is 9.01. The van der Waals surface area contributed by atoms with Crippen LogP contribution in [0.1, 0.15) is 71.2 Å². The average molecular weight is 456 g/mol. The fraction of sp³-hybridized carbons (Fsp3) is 0.615. The number of H-pyrrole nitrogens is 1. The third-order valence-electron chi connectivity index (χ3n) is 6.59. The lowest BCUT2D eigenvalue weighted by Crippen LogP contribution is -2.65. The molecular weight excluding hydrogens is 418 g/mol. The summed E-state index contributed by atoms with van der Waals surface area (Å²) in [4.78, 5) is 32.3. The van der Waals surface area contributed by atoms with Gasteiger partial charge in [0.05, 0.1) is 18.8 Å². The molecule has 3 heterocycles. The van der Waals surface area contributed by atoms with Gasteiger partial charge in [-0.3, -0.25) is 9.59 Å². The van der Waals surface area contributed by atoms with Gasteiger partial charge in [-0.1, -0.05) is 13.8 Å². The van der Waals surface area contributed by atoms with E-state index < -0.39 is 12.1 Å². The summed E-state index contributed by atoms with van der Waals surface area (Å²) < 4.78 is 11.2. The first-order valence-electron chi connectivity index (χ1n) is 12.0. The number of nitrogens with zero attached hydrogens (tertiary/aromatic N) is 1. The molecule has 1 fully saturated rings. The lowest BCUT2D eigenvalue weighted by atomic mass is 9.85. The molecule has 33 heavy (non-hydrogen) atoms. The van der Waals surface area contributed by atoms with Gasteiger partial charge in [0.2, 0.25) is 11.8 Å². The Kier molecular flexibility index (Phi) is 6.45. The molecule has 0 saturated carbocycles. The maximum Gasteiger partial charge on any atom is 0.246 e.